The predicted octanol–water partition coefficient (Wildman–Crippen LogP) is 2.16. The maximum atomic E-state index is 9.23. The Balaban J connectivity index is 2.59. The van der Waals surface area contributed by atoms with E-state index in [9.17, 15) is 10.2 Å². The molecule has 3 nitrogen and oxygen atoms in total. The zero-order chi connectivity index (χ0) is 12.8. The molecule has 17 heavy (non-hydrogen) atoms. The maximum absolute atomic E-state index is 9.23. The quantitative estimate of drug-likeness (QED) is 0.729. The minimum atomic E-state index is 0.178. The molecule has 1 aromatic carbocycles. The van der Waals surface area contributed by atoms with Crippen LogP contribution in [0.5, 0.6) is 5.75 Å². The Kier molecular flexibility index (Phi) is 5.82. The van der Waals surface area contributed by atoms with Crippen LogP contribution in [0.1, 0.15) is 25.5 Å². The SMILES string of the molecule is CSC(CO)C(C)NC(C)c1ccc(O)cc1. The van der Waals surface area contributed by atoms with Gasteiger partial charge in [0.15, 0.2) is 0 Å². The van der Waals surface area contributed by atoms with Crippen LogP contribution in [0.2, 0.25) is 0 Å². The van der Waals surface area contributed by atoms with E-state index in [1.807, 2.05) is 18.4 Å². The van der Waals surface area contributed by atoms with Gasteiger partial charge in [0.25, 0.3) is 0 Å². The smallest absolute Gasteiger partial charge is 0.115 e. The summed E-state index contributed by atoms with van der Waals surface area (Å²) in [5.74, 6) is 0.284. The minimum Gasteiger partial charge on any atom is -0.508 e. The van der Waals surface area contributed by atoms with Crippen molar-refractivity contribution in [2.75, 3.05) is 12.9 Å². The predicted molar refractivity (Wildman–Crippen MR) is 73.5 cm³/mol. The Morgan fingerprint density at radius 3 is 2.29 bits per heavy atom. The lowest BCUT2D eigenvalue weighted by atomic mass is 10.1. The van der Waals surface area contributed by atoms with Crippen LogP contribution in [0.15, 0.2) is 24.3 Å². The molecule has 0 radical (unpaired) electrons. The Labute approximate surface area is 107 Å². The zero-order valence-electron chi connectivity index (χ0n) is 10.6. The highest BCUT2D eigenvalue weighted by Crippen LogP contribution is 2.19. The molecule has 0 spiro atoms. The number of aliphatic hydroxyl groups is 1. The molecule has 0 saturated heterocycles. The van der Waals surface area contributed by atoms with Crippen molar-refractivity contribution < 1.29 is 10.2 Å². The Morgan fingerprint density at radius 2 is 1.82 bits per heavy atom. The summed E-state index contributed by atoms with van der Waals surface area (Å²) in [6, 6.07) is 7.64. The summed E-state index contributed by atoms with van der Waals surface area (Å²) in [6.45, 7) is 4.34. The Morgan fingerprint density at radius 1 is 1.24 bits per heavy atom. The number of rotatable bonds is 6. The van der Waals surface area contributed by atoms with Crippen LogP contribution in [-0.4, -0.2) is 34.4 Å². The highest BCUT2D eigenvalue weighted by atomic mass is 32.2. The fourth-order valence-electron chi connectivity index (χ4n) is 1.80. The topological polar surface area (TPSA) is 52.5 Å². The molecule has 0 aromatic heterocycles. The van der Waals surface area contributed by atoms with Gasteiger partial charge in [0.2, 0.25) is 0 Å². The molecule has 3 atom stereocenters. The summed E-state index contributed by atoms with van der Waals surface area (Å²) in [5, 5.41) is 22.1. The van der Waals surface area contributed by atoms with Gasteiger partial charge in [0, 0.05) is 17.3 Å². The normalized spacial score (nSPS) is 16.5. The molecular formula is C13H21NO2S. The number of hydrogen-bond donors (Lipinski definition) is 3. The minimum absolute atomic E-state index is 0.178. The first-order valence-electron chi connectivity index (χ1n) is 5.77. The van der Waals surface area contributed by atoms with Gasteiger partial charge in [-0.15, -0.1) is 0 Å². The lowest BCUT2D eigenvalue weighted by Crippen LogP contribution is -2.38. The molecule has 0 bridgehead atoms. The van der Waals surface area contributed by atoms with E-state index < -0.39 is 0 Å². The van der Waals surface area contributed by atoms with E-state index in [2.05, 4.69) is 19.2 Å². The van der Waals surface area contributed by atoms with Crippen molar-refractivity contribution in [2.45, 2.75) is 31.2 Å². The molecular weight excluding hydrogens is 234 g/mol. The van der Waals surface area contributed by atoms with E-state index in [0.29, 0.717) is 0 Å². The van der Waals surface area contributed by atoms with Crippen LogP contribution in [-0.2, 0) is 0 Å². The summed E-state index contributed by atoms with van der Waals surface area (Å²) >= 11 is 1.67. The second kappa shape index (κ2) is 6.89. The molecule has 1 rings (SSSR count). The fourth-order valence-corrected chi connectivity index (χ4v) is 2.43. The summed E-state index contributed by atoms with van der Waals surface area (Å²) in [6.07, 6.45) is 2.00. The van der Waals surface area contributed by atoms with E-state index in [1.165, 1.54) is 0 Å². The van der Waals surface area contributed by atoms with Gasteiger partial charge in [-0.2, -0.15) is 11.8 Å². The molecule has 0 aliphatic carbocycles. The van der Waals surface area contributed by atoms with E-state index in [1.54, 1.807) is 23.9 Å². The van der Waals surface area contributed by atoms with Gasteiger partial charge in [0.1, 0.15) is 5.75 Å². The summed E-state index contributed by atoms with van der Waals surface area (Å²) in [7, 11) is 0. The molecule has 0 aliphatic rings. The van der Waals surface area contributed by atoms with Crippen LogP contribution < -0.4 is 5.32 Å². The lowest BCUT2D eigenvalue weighted by Gasteiger charge is -2.25. The van der Waals surface area contributed by atoms with E-state index in [0.717, 1.165) is 5.56 Å². The largest absolute Gasteiger partial charge is 0.508 e. The van der Waals surface area contributed by atoms with E-state index >= 15 is 0 Å². The number of nitrogens with one attached hydrogen (secondary N) is 1. The van der Waals surface area contributed by atoms with Gasteiger partial charge in [0.05, 0.1) is 6.61 Å². The van der Waals surface area contributed by atoms with Gasteiger partial charge in [-0.05, 0) is 37.8 Å². The Hall–Kier alpha value is -0.710. The lowest BCUT2D eigenvalue weighted by molar-refractivity contribution is 0.272. The average Bonchev–Trinajstić information content (AvgIpc) is 2.31. The molecule has 3 unspecified atom stereocenters. The van der Waals surface area contributed by atoms with Gasteiger partial charge < -0.3 is 15.5 Å². The second-order valence-electron chi connectivity index (χ2n) is 4.23. The number of aliphatic hydroxyl groups excluding tert-OH is 1. The second-order valence-corrected chi connectivity index (χ2v) is 5.30. The third kappa shape index (κ3) is 4.22. The number of aromatic hydroxyl groups is 1. The average molecular weight is 255 g/mol. The molecule has 0 fully saturated rings. The molecule has 0 amide bonds. The number of phenols is 1. The van der Waals surface area contributed by atoms with Crippen LogP contribution in [0.4, 0.5) is 0 Å². The molecule has 0 aliphatic heterocycles. The van der Waals surface area contributed by atoms with Crippen molar-refractivity contribution >= 4 is 11.8 Å². The fraction of sp³-hybridized carbons (Fsp3) is 0.538. The highest BCUT2D eigenvalue weighted by Gasteiger charge is 2.17. The molecule has 0 heterocycles. The molecule has 4 heteroatoms. The first kappa shape index (κ1) is 14.4. The highest BCUT2D eigenvalue weighted by molar-refractivity contribution is 7.99. The van der Waals surface area contributed by atoms with Crippen LogP contribution in [0.3, 0.4) is 0 Å². The van der Waals surface area contributed by atoms with Crippen molar-refractivity contribution in [2.24, 2.45) is 0 Å². The molecule has 3 N–H and O–H groups in total. The third-order valence-electron chi connectivity index (χ3n) is 2.95. The van der Waals surface area contributed by atoms with Gasteiger partial charge in [-0.3, -0.25) is 0 Å². The zero-order valence-corrected chi connectivity index (χ0v) is 11.4. The number of thioether (sulfide) groups is 1. The van der Waals surface area contributed by atoms with Crippen molar-refractivity contribution in [3.8, 4) is 5.75 Å². The van der Waals surface area contributed by atoms with Crippen molar-refractivity contribution in [3.05, 3.63) is 29.8 Å². The summed E-state index contributed by atoms with van der Waals surface area (Å²) < 4.78 is 0. The maximum Gasteiger partial charge on any atom is 0.115 e. The molecule has 96 valence electrons. The van der Waals surface area contributed by atoms with Crippen LogP contribution >= 0.6 is 11.8 Å². The molecule has 1 aromatic rings. The first-order valence-corrected chi connectivity index (χ1v) is 7.06. The van der Waals surface area contributed by atoms with E-state index in [4.69, 9.17) is 0 Å². The van der Waals surface area contributed by atoms with Crippen LogP contribution in [0, 0.1) is 0 Å². The standard InChI is InChI=1S/C13H21NO2S/c1-9(11-4-6-12(16)7-5-11)14-10(2)13(8-15)17-3/h4-7,9-10,13-16H,8H2,1-3H3. The summed E-state index contributed by atoms with van der Waals surface area (Å²) in [4.78, 5) is 0. The van der Waals surface area contributed by atoms with Crippen molar-refractivity contribution in [1.82, 2.24) is 5.32 Å². The van der Waals surface area contributed by atoms with Crippen LogP contribution in [0.25, 0.3) is 0 Å². The van der Waals surface area contributed by atoms with Crippen molar-refractivity contribution in [1.29, 1.82) is 0 Å². The Bertz CT molecular complexity index is 325. The monoisotopic (exact) mass is 255 g/mol. The summed E-state index contributed by atoms with van der Waals surface area (Å²) in [5.41, 5.74) is 1.13. The number of hydrogen-bond acceptors (Lipinski definition) is 4. The van der Waals surface area contributed by atoms with Gasteiger partial charge >= 0.3 is 0 Å². The van der Waals surface area contributed by atoms with Crippen molar-refractivity contribution in [3.63, 3.8) is 0 Å². The molecule has 0 saturated carbocycles. The number of phenolic OH excluding ortho intramolecular Hbond substituents is 1. The van der Waals surface area contributed by atoms with E-state index in [-0.39, 0.29) is 29.7 Å². The first-order chi connectivity index (χ1) is 8.08. The number of benzene rings is 1. The van der Waals surface area contributed by atoms with Gasteiger partial charge in [-0.1, -0.05) is 12.1 Å². The third-order valence-corrected chi connectivity index (χ3v) is 4.11. The van der Waals surface area contributed by atoms with Gasteiger partial charge in [-0.25, -0.2) is 0 Å².